The van der Waals surface area contributed by atoms with Crippen LogP contribution in [0.1, 0.15) is 17.5 Å². The Balaban J connectivity index is 2.14. The van der Waals surface area contributed by atoms with E-state index in [0.717, 1.165) is 30.8 Å². The molecule has 0 unspecified atom stereocenters. The van der Waals surface area contributed by atoms with Crippen LogP contribution in [0.25, 0.3) is 0 Å². The summed E-state index contributed by atoms with van der Waals surface area (Å²) in [6, 6.07) is 6.10. The highest BCUT2D eigenvalue weighted by Gasteiger charge is 2.11. The van der Waals surface area contributed by atoms with Gasteiger partial charge < -0.3 is 9.64 Å². The lowest BCUT2D eigenvalue weighted by Crippen LogP contribution is -2.20. The summed E-state index contributed by atoms with van der Waals surface area (Å²) in [4.78, 5) is 12.6. The van der Waals surface area contributed by atoms with Gasteiger partial charge in [-0.3, -0.25) is 4.79 Å². The number of aryl methyl sites for hydroxylation is 1. The standard InChI is InChI=1S/C12H15NO2S/c1-13(12(14)16)8-9-4-5-11-10(7-9)3-2-6-15-11/h4-5,7H,2-3,6,8H2,1H3,(H,14,16). The van der Waals surface area contributed by atoms with E-state index in [1.807, 2.05) is 12.1 Å². The highest BCUT2D eigenvalue weighted by atomic mass is 32.1. The van der Waals surface area contributed by atoms with Crippen LogP contribution in [-0.2, 0) is 13.0 Å². The van der Waals surface area contributed by atoms with E-state index < -0.39 is 0 Å². The number of nitrogens with zero attached hydrogens (tertiary/aromatic N) is 1. The number of carbonyl (C=O) groups excluding carboxylic acids is 1. The second-order valence-electron chi connectivity index (χ2n) is 4.03. The number of rotatable bonds is 2. The first-order valence-corrected chi connectivity index (χ1v) is 5.80. The number of amides is 1. The van der Waals surface area contributed by atoms with Gasteiger partial charge in [0.1, 0.15) is 5.75 Å². The topological polar surface area (TPSA) is 29.5 Å². The van der Waals surface area contributed by atoms with Gasteiger partial charge in [0.15, 0.2) is 0 Å². The van der Waals surface area contributed by atoms with Gasteiger partial charge in [-0.2, -0.15) is 0 Å². The molecule has 0 radical (unpaired) electrons. The van der Waals surface area contributed by atoms with Gasteiger partial charge in [0, 0.05) is 13.6 Å². The fourth-order valence-corrected chi connectivity index (χ4v) is 1.92. The Labute approximate surface area is 101 Å². The molecular formula is C12H15NO2S. The predicted molar refractivity (Wildman–Crippen MR) is 66.1 cm³/mol. The zero-order valence-corrected chi connectivity index (χ0v) is 10.2. The molecule has 0 bridgehead atoms. The van der Waals surface area contributed by atoms with E-state index in [1.165, 1.54) is 5.56 Å². The molecule has 0 spiro atoms. The normalized spacial score (nSPS) is 13.9. The lowest BCUT2D eigenvalue weighted by molar-refractivity contribution is 0.232. The van der Waals surface area contributed by atoms with Crippen molar-refractivity contribution in [1.29, 1.82) is 0 Å². The molecule has 16 heavy (non-hydrogen) atoms. The van der Waals surface area contributed by atoms with Gasteiger partial charge in [-0.05, 0) is 30.0 Å². The van der Waals surface area contributed by atoms with Crippen molar-refractivity contribution in [3.63, 3.8) is 0 Å². The quantitative estimate of drug-likeness (QED) is 0.801. The third-order valence-electron chi connectivity index (χ3n) is 2.72. The average Bonchev–Trinajstić information content (AvgIpc) is 2.28. The molecule has 0 atom stereocenters. The molecule has 1 aromatic carbocycles. The van der Waals surface area contributed by atoms with Gasteiger partial charge in [0.25, 0.3) is 5.24 Å². The van der Waals surface area contributed by atoms with Crippen LogP contribution in [-0.4, -0.2) is 23.8 Å². The molecule has 3 nitrogen and oxygen atoms in total. The fraction of sp³-hybridized carbons (Fsp3) is 0.417. The molecular weight excluding hydrogens is 222 g/mol. The van der Waals surface area contributed by atoms with Crippen molar-refractivity contribution >= 4 is 17.9 Å². The first-order valence-electron chi connectivity index (χ1n) is 5.35. The van der Waals surface area contributed by atoms with Crippen LogP contribution in [0.4, 0.5) is 4.79 Å². The van der Waals surface area contributed by atoms with E-state index in [2.05, 4.69) is 18.7 Å². The molecule has 0 aliphatic carbocycles. The van der Waals surface area contributed by atoms with Crippen molar-refractivity contribution in [3.05, 3.63) is 29.3 Å². The number of hydrogen-bond donors (Lipinski definition) is 1. The molecule has 86 valence electrons. The smallest absolute Gasteiger partial charge is 0.278 e. The lowest BCUT2D eigenvalue weighted by atomic mass is 10.0. The summed E-state index contributed by atoms with van der Waals surface area (Å²) in [5.74, 6) is 0.981. The zero-order valence-electron chi connectivity index (χ0n) is 9.27. The molecule has 0 saturated heterocycles. The van der Waals surface area contributed by atoms with Gasteiger partial charge in [0.2, 0.25) is 0 Å². The molecule has 0 N–H and O–H groups in total. The zero-order chi connectivity index (χ0) is 11.5. The first kappa shape index (κ1) is 11.3. The van der Waals surface area contributed by atoms with Crippen LogP contribution in [0, 0.1) is 0 Å². The van der Waals surface area contributed by atoms with E-state index in [1.54, 1.807) is 11.9 Å². The summed E-state index contributed by atoms with van der Waals surface area (Å²) in [6.45, 7) is 1.40. The Morgan fingerprint density at radius 3 is 3.12 bits per heavy atom. The maximum atomic E-state index is 11.0. The summed E-state index contributed by atoms with van der Waals surface area (Å²) >= 11 is 3.78. The highest BCUT2D eigenvalue weighted by Crippen LogP contribution is 2.25. The number of fused-ring (bicyclic) bond motifs is 1. The van der Waals surface area contributed by atoms with Gasteiger partial charge >= 0.3 is 0 Å². The van der Waals surface area contributed by atoms with Gasteiger partial charge in [-0.1, -0.05) is 24.8 Å². The first-order chi connectivity index (χ1) is 7.66. The van der Waals surface area contributed by atoms with Crippen LogP contribution in [0.15, 0.2) is 18.2 Å². The van der Waals surface area contributed by atoms with E-state index in [4.69, 9.17) is 4.74 Å². The average molecular weight is 237 g/mol. The second kappa shape index (κ2) is 4.78. The molecule has 1 heterocycles. The molecule has 4 heteroatoms. The SMILES string of the molecule is CN(Cc1ccc2c(c1)CCCO2)C(=O)S. The Morgan fingerprint density at radius 1 is 1.56 bits per heavy atom. The summed E-state index contributed by atoms with van der Waals surface area (Å²) in [5.41, 5.74) is 2.36. The summed E-state index contributed by atoms with van der Waals surface area (Å²) < 4.78 is 5.54. The van der Waals surface area contributed by atoms with Crippen LogP contribution in [0.5, 0.6) is 5.75 Å². The Bertz CT molecular complexity index is 406. The Morgan fingerprint density at radius 2 is 2.38 bits per heavy atom. The van der Waals surface area contributed by atoms with E-state index in [0.29, 0.717) is 6.54 Å². The monoisotopic (exact) mass is 237 g/mol. The number of hydrogen-bond acceptors (Lipinski definition) is 2. The molecule has 1 aliphatic heterocycles. The maximum Gasteiger partial charge on any atom is 0.278 e. The molecule has 1 aliphatic rings. The van der Waals surface area contributed by atoms with Crippen LogP contribution < -0.4 is 4.74 Å². The van der Waals surface area contributed by atoms with Crippen molar-refractivity contribution < 1.29 is 9.53 Å². The van der Waals surface area contributed by atoms with E-state index in [9.17, 15) is 4.79 Å². The van der Waals surface area contributed by atoms with Gasteiger partial charge in [-0.25, -0.2) is 0 Å². The molecule has 0 aromatic heterocycles. The number of carbonyl (C=O) groups is 1. The molecule has 0 saturated carbocycles. The van der Waals surface area contributed by atoms with Crippen LogP contribution >= 0.6 is 12.6 Å². The second-order valence-corrected chi connectivity index (χ2v) is 4.42. The third-order valence-corrected chi connectivity index (χ3v) is 3.06. The Kier molecular flexibility index (Phi) is 3.39. The van der Waals surface area contributed by atoms with Crippen molar-refractivity contribution in [2.45, 2.75) is 19.4 Å². The minimum Gasteiger partial charge on any atom is -0.493 e. The maximum absolute atomic E-state index is 11.0. The van der Waals surface area contributed by atoms with Crippen molar-refractivity contribution in [3.8, 4) is 5.75 Å². The van der Waals surface area contributed by atoms with Crippen molar-refractivity contribution in [2.75, 3.05) is 13.7 Å². The number of benzene rings is 1. The van der Waals surface area contributed by atoms with E-state index >= 15 is 0 Å². The minimum absolute atomic E-state index is 0.214. The molecule has 1 aromatic rings. The summed E-state index contributed by atoms with van der Waals surface area (Å²) in [7, 11) is 1.74. The number of thiol groups is 1. The molecule has 1 amide bonds. The van der Waals surface area contributed by atoms with Crippen molar-refractivity contribution in [1.82, 2.24) is 4.90 Å². The van der Waals surface area contributed by atoms with Crippen molar-refractivity contribution in [2.24, 2.45) is 0 Å². The number of ether oxygens (including phenoxy) is 1. The predicted octanol–water partition coefficient (Wildman–Crippen LogP) is 2.49. The van der Waals surface area contributed by atoms with Crippen LogP contribution in [0.3, 0.4) is 0 Å². The fourth-order valence-electron chi connectivity index (χ4n) is 1.85. The van der Waals surface area contributed by atoms with Gasteiger partial charge in [-0.15, -0.1) is 0 Å². The highest BCUT2D eigenvalue weighted by molar-refractivity contribution is 7.96. The minimum atomic E-state index is -0.214. The molecule has 2 rings (SSSR count). The molecule has 0 fully saturated rings. The largest absolute Gasteiger partial charge is 0.493 e. The Hall–Kier alpha value is -1.16. The van der Waals surface area contributed by atoms with E-state index in [-0.39, 0.29) is 5.24 Å². The summed E-state index contributed by atoms with van der Waals surface area (Å²) in [5, 5.41) is -0.214. The third kappa shape index (κ3) is 2.50. The van der Waals surface area contributed by atoms with Crippen LogP contribution in [0.2, 0.25) is 0 Å². The lowest BCUT2D eigenvalue weighted by Gasteiger charge is -2.19. The summed E-state index contributed by atoms with van der Waals surface area (Å²) in [6.07, 6.45) is 2.12. The van der Waals surface area contributed by atoms with Gasteiger partial charge in [0.05, 0.1) is 6.61 Å².